The summed E-state index contributed by atoms with van der Waals surface area (Å²) in [4.78, 5) is 11.1. The van der Waals surface area contributed by atoms with E-state index in [9.17, 15) is 0 Å². The molecule has 4 nitrogen and oxygen atoms in total. The largest absolute Gasteiger partial charge is 0.340 e. The molecular weight excluding hydrogens is 320 g/mol. The van der Waals surface area contributed by atoms with Crippen molar-refractivity contribution in [2.75, 3.05) is 17.3 Å². The number of aromatic nitrogens is 2. The van der Waals surface area contributed by atoms with E-state index in [1.165, 1.54) is 0 Å². The molecule has 5 heteroatoms. The second kappa shape index (κ2) is 6.89. The number of hydrogen-bond donors (Lipinski definition) is 1. The lowest BCUT2D eigenvalue weighted by molar-refractivity contribution is 1.02. The Bertz CT molecular complexity index is 849. The van der Waals surface area contributed by atoms with Crippen LogP contribution >= 0.6 is 11.6 Å². The van der Waals surface area contributed by atoms with Crippen LogP contribution in [0, 0.1) is 13.8 Å². The minimum Gasteiger partial charge on any atom is -0.340 e. The smallest absolute Gasteiger partial charge is 0.138 e. The maximum absolute atomic E-state index is 6.10. The summed E-state index contributed by atoms with van der Waals surface area (Å²) in [6.45, 7) is 3.92. The van der Waals surface area contributed by atoms with Crippen molar-refractivity contribution in [1.29, 1.82) is 0 Å². The van der Waals surface area contributed by atoms with Gasteiger partial charge in [0.2, 0.25) is 0 Å². The number of aryl methyl sites for hydroxylation is 2. The molecule has 1 N–H and O–H groups in total. The highest BCUT2D eigenvalue weighted by atomic mass is 35.5. The molecule has 0 radical (unpaired) electrons. The first-order valence-electron chi connectivity index (χ1n) is 7.70. The van der Waals surface area contributed by atoms with E-state index in [-0.39, 0.29) is 0 Å². The van der Waals surface area contributed by atoms with E-state index in [0.29, 0.717) is 10.8 Å². The van der Waals surface area contributed by atoms with Crippen LogP contribution in [0.25, 0.3) is 0 Å². The minimum absolute atomic E-state index is 0.690. The van der Waals surface area contributed by atoms with Gasteiger partial charge < -0.3 is 10.2 Å². The summed E-state index contributed by atoms with van der Waals surface area (Å²) < 4.78 is 0. The highest BCUT2D eigenvalue weighted by Crippen LogP contribution is 2.27. The van der Waals surface area contributed by atoms with Gasteiger partial charge in [0, 0.05) is 29.5 Å². The van der Waals surface area contributed by atoms with E-state index in [0.717, 1.165) is 28.6 Å². The van der Waals surface area contributed by atoms with Crippen LogP contribution in [-0.4, -0.2) is 17.0 Å². The van der Waals surface area contributed by atoms with Crippen molar-refractivity contribution in [2.45, 2.75) is 13.8 Å². The lowest BCUT2D eigenvalue weighted by atomic mass is 10.2. The Hall–Kier alpha value is -2.59. The minimum atomic E-state index is 0.690. The number of benzene rings is 2. The summed E-state index contributed by atoms with van der Waals surface area (Å²) >= 11 is 6.10. The molecule has 0 aliphatic carbocycles. The maximum atomic E-state index is 6.10. The summed E-state index contributed by atoms with van der Waals surface area (Å²) in [5.41, 5.74) is 3.11. The van der Waals surface area contributed by atoms with Crippen LogP contribution in [0.3, 0.4) is 0 Å². The number of rotatable bonds is 4. The molecule has 0 aliphatic rings. The lowest BCUT2D eigenvalue weighted by Gasteiger charge is -2.19. The summed E-state index contributed by atoms with van der Waals surface area (Å²) in [6.07, 6.45) is 0. The van der Waals surface area contributed by atoms with Gasteiger partial charge in [-0.3, -0.25) is 0 Å². The van der Waals surface area contributed by atoms with Crippen LogP contribution in [0.1, 0.15) is 11.4 Å². The van der Waals surface area contributed by atoms with Gasteiger partial charge in [-0.05, 0) is 43.7 Å². The SMILES string of the molecule is Cc1nc(Nc2cc(Cl)ccc2C)cc(N(C)c2ccccc2)n1. The van der Waals surface area contributed by atoms with Gasteiger partial charge in [0.05, 0.1) is 0 Å². The third-order valence-corrected chi connectivity index (χ3v) is 4.01. The second-order valence-electron chi connectivity index (χ2n) is 5.64. The normalized spacial score (nSPS) is 10.5. The quantitative estimate of drug-likeness (QED) is 0.704. The molecule has 2 aromatic carbocycles. The molecule has 0 spiro atoms. The van der Waals surface area contributed by atoms with Crippen molar-refractivity contribution < 1.29 is 0 Å². The first kappa shape index (κ1) is 16.3. The maximum Gasteiger partial charge on any atom is 0.138 e. The molecule has 122 valence electrons. The Morgan fingerprint density at radius 1 is 0.958 bits per heavy atom. The van der Waals surface area contributed by atoms with Crippen molar-refractivity contribution in [3.05, 3.63) is 71.0 Å². The lowest BCUT2D eigenvalue weighted by Crippen LogP contribution is -2.13. The van der Waals surface area contributed by atoms with E-state index in [2.05, 4.69) is 15.3 Å². The summed E-state index contributed by atoms with van der Waals surface area (Å²) in [7, 11) is 1.99. The molecule has 3 aromatic rings. The Labute approximate surface area is 147 Å². The molecule has 0 saturated heterocycles. The third-order valence-electron chi connectivity index (χ3n) is 3.77. The van der Waals surface area contributed by atoms with E-state index >= 15 is 0 Å². The number of nitrogens with zero attached hydrogens (tertiary/aromatic N) is 3. The average Bonchev–Trinajstić information content (AvgIpc) is 2.58. The van der Waals surface area contributed by atoms with Gasteiger partial charge in [-0.15, -0.1) is 0 Å². The fourth-order valence-electron chi connectivity index (χ4n) is 2.44. The van der Waals surface area contributed by atoms with Gasteiger partial charge in [-0.1, -0.05) is 35.9 Å². The zero-order chi connectivity index (χ0) is 17.1. The van der Waals surface area contributed by atoms with Crippen LogP contribution in [-0.2, 0) is 0 Å². The molecule has 0 amide bonds. The van der Waals surface area contributed by atoms with Gasteiger partial charge in [-0.2, -0.15) is 0 Å². The molecule has 3 rings (SSSR count). The number of hydrogen-bond acceptors (Lipinski definition) is 4. The van der Waals surface area contributed by atoms with E-state index in [4.69, 9.17) is 11.6 Å². The molecule has 0 fully saturated rings. The summed E-state index contributed by atoms with van der Waals surface area (Å²) in [6, 6.07) is 17.8. The molecule has 0 atom stereocenters. The Morgan fingerprint density at radius 3 is 2.46 bits per heavy atom. The van der Waals surface area contributed by atoms with Crippen molar-refractivity contribution >= 4 is 34.6 Å². The van der Waals surface area contributed by atoms with Crippen molar-refractivity contribution in [3.63, 3.8) is 0 Å². The molecule has 0 saturated carbocycles. The van der Waals surface area contributed by atoms with Gasteiger partial charge >= 0.3 is 0 Å². The number of anilines is 4. The Kier molecular flexibility index (Phi) is 4.67. The zero-order valence-corrected chi connectivity index (χ0v) is 14.7. The number of nitrogens with one attached hydrogen (secondary N) is 1. The monoisotopic (exact) mass is 338 g/mol. The number of para-hydroxylation sites is 1. The zero-order valence-electron chi connectivity index (χ0n) is 13.9. The fraction of sp³-hybridized carbons (Fsp3) is 0.158. The van der Waals surface area contributed by atoms with Gasteiger partial charge in [-0.25, -0.2) is 9.97 Å². The standard InChI is InChI=1S/C19H19ClN4/c1-13-9-10-15(20)11-17(13)23-18-12-19(22-14(2)21-18)24(3)16-7-5-4-6-8-16/h4-12H,1-3H3,(H,21,22,23). The van der Waals surface area contributed by atoms with Crippen LogP contribution in [0.15, 0.2) is 54.6 Å². The van der Waals surface area contributed by atoms with E-state index < -0.39 is 0 Å². The Balaban J connectivity index is 1.93. The van der Waals surface area contributed by atoms with Gasteiger partial charge in [0.15, 0.2) is 0 Å². The second-order valence-corrected chi connectivity index (χ2v) is 6.07. The molecule has 1 heterocycles. The average molecular weight is 339 g/mol. The van der Waals surface area contributed by atoms with E-state index in [1.54, 1.807) is 0 Å². The van der Waals surface area contributed by atoms with Gasteiger partial charge in [0.1, 0.15) is 17.5 Å². The molecule has 1 aromatic heterocycles. The van der Waals surface area contributed by atoms with Crippen molar-refractivity contribution in [1.82, 2.24) is 9.97 Å². The van der Waals surface area contributed by atoms with Crippen LogP contribution in [0.4, 0.5) is 23.0 Å². The molecule has 0 unspecified atom stereocenters. The topological polar surface area (TPSA) is 41.1 Å². The summed E-state index contributed by atoms with van der Waals surface area (Å²) in [5.74, 6) is 2.28. The molecule has 0 bridgehead atoms. The highest BCUT2D eigenvalue weighted by molar-refractivity contribution is 6.30. The van der Waals surface area contributed by atoms with Crippen LogP contribution in [0.2, 0.25) is 5.02 Å². The van der Waals surface area contributed by atoms with Crippen LogP contribution < -0.4 is 10.2 Å². The predicted molar refractivity (Wildman–Crippen MR) is 101 cm³/mol. The predicted octanol–water partition coefficient (Wildman–Crippen LogP) is 5.26. The highest BCUT2D eigenvalue weighted by Gasteiger charge is 2.09. The Morgan fingerprint density at radius 2 is 1.71 bits per heavy atom. The van der Waals surface area contributed by atoms with Crippen molar-refractivity contribution in [2.24, 2.45) is 0 Å². The number of halogens is 1. The third kappa shape index (κ3) is 3.66. The van der Waals surface area contributed by atoms with Gasteiger partial charge in [0.25, 0.3) is 0 Å². The summed E-state index contributed by atoms with van der Waals surface area (Å²) in [5, 5.41) is 4.03. The molecular formula is C19H19ClN4. The van der Waals surface area contributed by atoms with Crippen molar-refractivity contribution in [3.8, 4) is 0 Å². The molecule has 24 heavy (non-hydrogen) atoms. The first-order chi connectivity index (χ1) is 11.5. The first-order valence-corrected chi connectivity index (χ1v) is 8.08. The van der Waals surface area contributed by atoms with Crippen LogP contribution in [0.5, 0.6) is 0 Å². The van der Waals surface area contributed by atoms with E-state index in [1.807, 2.05) is 80.4 Å². The molecule has 0 aliphatic heterocycles. The fourth-order valence-corrected chi connectivity index (χ4v) is 2.61.